The Balaban J connectivity index is 1.31. The minimum atomic E-state index is -0.356. The Morgan fingerprint density at radius 1 is 1.07 bits per heavy atom. The molecule has 0 N–H and O–H groups in total. The van der Waals surface area contributed by atoms with Gasteiger partial charge in [0.25, 0.3) is 0 Å². The molecule has 6 heteroatoms. The van der Waals surface area contributed by atoms with E-state index in [1.54, 1.807) is 0 Å². The lowest BCUT2D eigenvalue weighted by Gasteiger charge is -2.42. The molecule has 0 spiro atoms. The maximum Gasteiger partial charge on any atom is 0.312 e. The van der Waals surface area contributed by atoms with Crippen LogP contribution in [0.5, 0.6) is 0 Å². The summed E-state index contributed by atoms with van der Waals surface area (Å²) in [4.78, 5) is 20.9. The van der Waals surface area contributed by atoms with Crippen molar-refractivity contribution in [3.05, 3.63) is 21.9 Å². The zero-order valence-corrected chi connectivity index (χ0v) is 19.4. The summed E-state index contributed by atoms with van der Waals surface area (Å²) >= 11 is 1.96. The Hall–Kier alpha value is -0.950. The SMILES string of the molecule is CCOC(=O)C1(CC2CCCCO2)CCN(Cc2ccc(CN3CCCC3)s2)CC1. The third-order valence-electron chi connectivity index (χ3n) is 7.09. The van der Waals surface area contributed by atoms with Crippen molar-refractivity contribution in [1.82, 2.24) is 9.80 Å². The van der Waals surface area contributed by atoms with Gasteiger partial charge in [-0.3, -0.25) is 14.6 Å². The predicted molar refractivity (Wildman–Crippen MR) is 121 cm³/mol. The molecule has 1 atom stereocenters. The van der Waals surface area contributed by atoms with Crippen LogP contribution >= 0.6 is 11.3 Å². The van der Waals surface area contributed by atoms with Crippen molar-refractivity contribution >= 4 is 17.3 Å². The van der Waals surface area contributed by atoms with Crippen LogP contribution in [0.15, 0.2) is 12.1 Å². The van der Waals surface area contributed by atoms with Crippen molar-refractivity contribution in [2.24, 2.45) is 5.41 Å². The number of esters is 1. The van der Waals surface area contributed by atoms with Crippen molar-refractivity contribution < 1.29 is 14.3 Å². The molecule has 1 aromatic heterocycles. The van der Waals surface area contributed by atoms with Gasteiger partial charge in [0.05, 0.1) is 18.1 Å². The fraction of sp³-hybridized carbons (Fsp3) is 0.792. The molecule has 0 aromatic carbocycles. The van der Waals surface area contributed by atoms with Gasteiger partial charge < -0.3 is 9.47 Å². The second-order valence-corrected chi connectivity index (χ2v) is 10.6. The first-order chi connectivity index (χ1) is 14.7. The van der Waals surface area contributed by atoms with Gasteiger partial charge in [-0.1, -0.05) is 0 Å². The number of piperidine rings is 1. The molecule has 4 rings (SSSR count). The molecule has 168 valence electrons. The summed E-state index contributed by atoms with van der Waals surface area (Å²) in [5.41, 5.74) is -0.356. The number of ether oxygens (including phenoxy) is 2. The highest BCUT2D eigenvalue weighted by molar-refractivity contribution is 7.11. The van der Waals surface area contributed by atoms with Crippen LogP contribution in [0.1, 0.15) is 68.0 Å². The highest BCUT2D eigenvalue weighted by Crippen LogP contribution is 2.40. The molecule has 0 aliphatic carbocycles. The van der Waals surface area contributed by atoms with Gasteiger partial charge in [0.1, 0.15) is 0 Å². The number of hydrogen-bond acceptors (Lipinski definition) is 6. The van der Waals surface area contributed by atoms with Gasteiger partial charge in [-0.25, -0.2) is 0 Å². The van der Waals surface area contributed by atoms with Gasteiger partial charge in [0.2, 0.25) is 0 Å². The van der Waals surface area contributed by atoms with E-state index in [0.29, 0.717) is 6.61 Å². The van der Waals surface area contributed by atoms with Gasteiger partial charge in [0, 0.05) is 29.5 Å². The molecule has 3 aliphatic rings. The summed E-state index contributed by atoms with van der Waals surface area (Å²) < 4.78 is 11.5. The normalized spacial score (nSPS) is 25.4. The molecule has 1 aromatic rings. The summed E-state index contributed by atoms with van der Waals surface area (Å²) in [5.74, 6) is 0.00264. The zero-order chi connectivity index (χ0) is 20.8. The molecule has 4 heterocycles. The van der Waals surface area contributed by atoms with Crippen LogP contribution in [0.25, 0.3) is 0 Å². The standard InChI is InChI=1S/C24H38N2O3S/c1-2-28-23(27)24(17-20-7-3-6-16-29-20)10-14-26(15-11-24)19-22-9-8-21(30-22)18-25-12-4-5-13-25/h8-9,20H,2-7,10-19H2,1H3. The number of carbonyl (C=O) groups excluding carboxylic acids is 1. The third kappa shape index (κ3) is 5.64. The zero-order valence-electron chi connectivity index (χ0n) is 18.6. The number of likely N-dealkylation sites (tertiary alicyclic amines) is 2. The summed E-state index contributed by atoms with van der Waals surface area (Å²) in [7, 11) is 0. The third-order valence-corrected chi connectivity index (χ3v) is 8.14. The van der Waals surface area contributed by atoms with Crippen LogP contribution in [0.3, 0.4) is 0 Å². The highest BCUT2D eigenvalue weighted by Gasteiger charge is 2.44. The van der Waals surface area contributed by atoms with Crippen molar-refractivity contribution in [2.45, 2.75) is 77.5 Å². The van der Waals surface area contributed by atoms with Crippen molar-refractivity contribution in [3.63, 3.8) is 0 Å². The molecule has 5 nitrogen and oxygen atoms in total. The van der Waals surface area contributed by atoms with Gasteiger partial charge in [0.15, 0.2) is 0 Å². The Kier molecular flexibility index (Phi) is 7.85. The lowest BCUT2D eigenvalue weighted by molar-refractivity contribution is -0.162. The quantitative estimate of drug-likeness (QED) is 0.566. The molecule has 0 amide bonds. The monoisotopic (exact) mass is 434 g/mol. The lowest BCUT2D eigenvalue weighted by atomic mass is 9.73. The van der Waals surface area contributed by atoms with Crippen molar-refractivity contribution in [1.29, 1.82) is 0 Å². The maximum absolute atomic E-state index is 12.9. The molecule has 3 saturated heterocycles. The molecule has 3 fully saturated rings. The number of rotatable bonds is 8. The molecule has 1 unspecified atom stereocenters. The van der Waals surface area contributed by atoms with Crippen LogP contribution in [-0.4, -0.2) is 61.3 Å². The van der Waals surface area contributed by atoms with E-state index in [0.717, 1.165) is 64.9 Å². The summed E-state index contributed by atoms with van der Waals surface area (Å²) in [6, 6.07) is 4.62. The second-order valence-electron chi connectivity index (χ2n) is 9.32. The fourth-order valence-electron chi connectivity index (χ4n) is 5.29. The second kappa shape index (κ2) is 10.6. The Labute approximate surface area is 185 Å². The topological polar surface area (TPSA) is 42.0 Å². The van der Waals surface area contributed by atoms with E-state index in [9.17, 15) is 4.79 Å². The average molecular weight is 435 g/mol. The van der Waals surface area contributed by atoms with E-state index in [-0.39, 0.29) is 17.5 Å². The Bertz CT molecular complexity index is 672. The van der Waals surface area contributed by atoms with E-state index >= 15 is 0 Å². The highest BCUT2D eigenvalue weighted by atomic mass is 32.1. The minimum absolute atomic E-state index is 0.00264. The van der Waals surface area contributed by atoms with Crippen LogP contribution in [0.4, 0.5) is 0 Å². The molecule has 0 saturated carbocycles. The van der Waals surface area contributed by atoms with Gasteiger partial charge in [-0.2, -0.15) is 0 Å². The predicted octanol–water partition coefficient (Wildman–Crippen LogP) is 4.45. The fourth-order valence-corrected chi connectivity index (χ4v) is 6.40. The summed E-state index contributed by atoms with van der Waals surface area (Å²) in [5, 5.41) is 0. The van der Waals surface area contributed by atoms with E-state index in [4.69, 9.17) is 9.47 Å². The molecule has 0 radical (unpaired) electrons. The average Bonchev–Trinajstić information content (AvgIpc) is 3.43. The van der Waals surface area contributed by atoms with E-state index in [1.165, 1.54) is 42.1 Å². The van der Waals surface area contributed by atoms with Crippen molar-refractivity contribution in [2.75, 3.05) is 39.4 Å². The number of carbonyl (C=O) groups is 1. The minimum Gasteiger partial charge on any atom is -0.466 e. The van der Waals surface area contributed by atoms with E-state index in [1.807, 2.05) is 18.3 Å². The molecule has 0 bridgehead atoms. The smallest absolute Gasteiger partial charge is 0.312 e. The summed E-state index contributed by atoms with van der Waals surface area (Å²) in [6.07, 6.45) is 8.97. The van der Waals surface area contributed by atoms with Crippen LogP contribution in [0.2, 0.25) is 0 Å². The maximum atomic E-state index is 12.9. The Morgan fingerprint density at radius 2 is 1.73 bits per heavy atom. The van der Waals surface area contributed by atoms with E-state index < -0.39 is 0 Å². The molecule has 3 aliphatic heterocycles. The first kappa shape index (κ1) is 22.3. The van der Waals surface area contributed by atoms with Crippen LogP contribution in [0, 0.1) is 5.41 Å². The van der Waals surface area contributed by atoms with Crippen LogP contribution < -0.4 is 0 Å². The number of hydrogen-bond donors (Lipinski definition) is 0. The van der Waals surface area contributed by atoms with E-state index in [2.05, 4.69) is 21.9 Å². The molecular weight excluding hydrogens is 396 g/mol. The van der Waals surface area contributed by atoms with Gasteiger partial charge in [-0.15, -0.1) is 11.3 Å². The van der Waals surface area contributed by atoms with Crippen LogP contribution in [-0.2, 0) is 27.4 Å². The van der Waals surface area contributed by atoms with Gasteiger partial charge in [-0.05, 0) is 96.6 Å². The van der Waals surface area contributed by atoms with Gasteiger partial charge >= 0.3 is 5.97 Å². The lowest BCUT2D eigenvalue weighted by Crippen LogP contribution is -2.47. The number of nitrogens with zero attached hydrogens (tertiary/aromatic N) is 2. The molecular formula is C24H38N2O3S. The van der Waals surface area contributed by atoms with Crippen molar-refractivity contribution in [3.8, 4) is 0 Å². The Morgan fingerprint density at radius 3 is 2.33 bits per heavy atom. The number of thiophene rings is 1. The first-order valence-corrected chi connectivity index (χ1v) is 12.8. The largest absolute Gasteiger partial charge is 0.466 e. The summed E-state index contributed by atoms with van der Waals surface area (Å²) in [6.45, 7) is 9.75. The first-order valence-electron chi connectivity index (χ1n) is 12.0. The molecule has 30 heavy (non-hydrogen) atoms.